The van der Waals surface area contributed by atoms with Crippen LogP contribution in [0, 0.1) is 29.0 Å². The molecule has 2 aromatic rings. The van der Waals surface area contributed by atoms with E-state index in [9.17, 15) is 4.39 Å². The molecule has 4 aliphatic carbocycles. The van der Waals surface area contributed by atoms with Gasteiger partial charge in [0, 0.05) is 18.2 Å². The molecule has 0 aromatic heterocycles. The first kappa shape index (κ1) is 22.0. The van der Waals surface area contributed by atoms with E-state index in [2.05, 4.69) is 18.3 Å². The molecule has 5 heteroatoms. The highest BCUT2D eigenvalue weighted by molar-refractivity contribution is 6.31. The molecular formula is C27H33ClFNO2. The highest BCUT2D eigenvalue weighted by Gasteiger charge is 2.52. The molecule has 4 aliphatic rings. The maximum atomic E-state index is 14.0. The van der Waals surface area contributed by atoms with Crippen LogP contribution in [0.4, 0.5) is 4.39 Å². The minimum Gasteiger partial charge on any atom is -0.493 e. The van der Waals surface area contributed by atoms with Gasteiger partial charge in [0.2, 0.25) is 0 Å². The standard InChI is InChI=1S/C27H33ClFNO2/c1-17(27-12-19-8-20(13-27)10-21(9-19)14-27)30-15-18-6-7-25(26(11-18)31-2)32-16-22-23(28)4-3-5-24(22)29/h3-7,11,17,19-21,30H,8-10,12-16H2,1-2H3/t17-,19?,20?,21?,27?/m0/s1. The van der Waals surface area contributed by atoms with Crippen LogP contribution in [-0.4, -0.2) is 13.2 Å². The quantitative estimate of drug-likeness (QED) is 0.475. The molecule has 6 rings (SSSR count). The van der Waals surface area contributed by atoms with Gasteiger partial charge in [-0.15, -0.1) is 0 Å². The fourth-order valence-electron chi connectivity index (χ4n) is 6.96. The summed E-state index contributed by atoms with van der Waals surface area (Å²) in [4.78, 5) is 0. The summed E-state index contributed by atoms with van der Waals surface area (Å²) in [6, 6.07) is 11.1. The molecule has 0 radical (unpaired) electrons. The molecule has 0 unspecified atom stereocenters. The highest BCUT2D eigenvalue weighted by atomic mass is 35.5. The Morgan fingerprint density at radius 2 is 1.75 bits per heavy atom. The second kappa shape index (κ2) is 8.87. The van der Waals surface area contributed by atoms with Gasteiger partial charge in [-0.3, -0.25) is 0 Å². The Hall–Kier alpha value is -1.78. The Balaban J connectivity index is 1.22. The van der Waals surface area contributed by atoms with Crippen LogP contribution in [0.15, 0.2) is 36.4 Å². The summed E-state index contributed by atoms with van der Waals surface area (Å²) >= 11 is 6.12. The summed E-state index contributed by atoms with van der Waals surface area (Å²) in [5.41, 5.74) is 2.00. The molecule has 2 aromatic carbocycles. The second-order valence-electron chi connectivity index (χ2n) is 10.4. The number of hydrogen-bond acceptors (Lipinski definition) is 3. The third kappa shape index (κ3) is 4.24. The van der Waals surface area contributed by atoms with E-state index in [1.807, 2.05) is 12.1 Å². The largest absolute Gasteiger partial charge is 0.493 e. The average molecular weight is 458 g/mol. The van der Waals surface area contributed by atoms with Crippen LogP contribution in [0.25, 0.3) is 0 Å². The van der Waals surface area contributed by atoms with Crippen molar-refractivity contribution in [1.29, 1.82) is 0 Å². The van der Waals surface area contributed by atoms with Gasteiger partial charge in [-0.1, -0.05) is 23.7 Å². The molecule has 172 valence electrons. The van der Waals surface area contributed by atoms with Crippen molar-refractivity contribution in [3.8, 4) is 11.5 Å². The molecule has 0 amide bonds. The van der Waals surface area contributed by atoms with Gasteiger partial charge in [0.1, 0.15) is 12.4 Å². The summed E-state index contributed by atoms with van der Waals surface area (Å²) in [6.45, 7) is 3.25. The second-order valence-corrected chi connectivity index (χ2v) is 10.8. The molecule has 0 spiro atoms. The van der Waals surface area contributed by atoms with Crippen LogP contribution in [-0.2, 0) is 13.2 Å². The van der Waals surface area contributed by atoms with Crippen molar-refractivity contribution in [3.63, 3.8) is 0 Å². The molecule has 4 bridgehead atoms. The molecule has 1 N–H and O–H groups in total. The van der Waals surface area contributed by atoms with Gasteiger partial charge >= 0.3 is 0 Å². The van der Waals surface area contributed by atoms with Crippen LogP contribution < -0.4 is 14.8 Å². The smallest absolute Gasteiger partial charge is 0.161 e. The molecule has 32 heavy (non-hydrogen) atoms. The summed E-state index contributed by atoms with van der Waals surface area (Å²) in [7, 11) is 1.63. The highest BCUT2D eigenvalue weighted by Crippen LogP contribution is 2.61. The van der Waals surface area contributed by atoms with Gasteiger partial charge in [-0.25, -0.2) is 4.39 Å². The van der Waals surface area contributed by atoms with Gasteiger partial charge in [0.15, 0.2) is 11.5 Å². The average Bonchev–Trinajstić information content (AvgIpc) is 2.76. The Labute approximate surface area is 195 Å². The van der Waals surface area contributed by atoms with Gasteiger partial charge in [0.05, 0.1) is 12.1 Å². The lowest BCUT2D eigenvalue weighted by molar-refractivity contribution is -0.0706. The number of methoxy groups -OCH3 is 1. The van der Waals surface area contributed by atoms with Gasteiger partial charge in [0.25, 0.3) is 0 Å². The van der Waals surface area contributed by atoms with Crippen molar-refractivity contribution in [2.24, 2.45) is 23.2 Å². The summed E-state index contributed by atoms with van der Waals surface area (Å²) in [5, 5.41) is 4.20. The molecule has 3 nitrogen and oxygen atoms in total. The van der Waals surface area contributed by atoms with Crippen molar-refractivity contribution in [2.45, 2.75) is 64.6 Å². The minimum atomic E-state index is -0.365. The van der Waals surface area contributed by atoms with Crippen LogP contribution in [0.2, 0.25) is 5.02 Å². The lowest BCUT2D eigenvalue weighted by atomic mass is 9.48. The van der Waals surface area contributed by atoms with Gasteiger partial charge in [-0.2, -0.15) is 0 Å². The van der Waals surface area contributed by atoms with Gasteiger partial charge in [-0.05, 0) is 98.4 Å². The number of ether oxygens (including phenoxy) is 2. The lowest BCUT2D eigenvalue weighted by Crippen LogP contribution is -2.54. The topological polar surface area (TPSA) is 30.5 Å². The van der Waals surface area contributed by atoms with E-state index in [4.69, 9.17) is 21.1 Å². The molecule has 4 fully saturated rings. The number of hydrogen-bond donors (Lipinski definition) is 1. The van der Waals surface area contributed by atoms with E-state index in [0.29, 0.717) is 33.5 Å². The van der Waals surface area contributed by atoms with Crippen molar-refractivity contribution < 1.29 is 13.9 Å². The number of rotatable bonds is 8. The van der Waals surface area contributed by atoms with E-state index < -0.39 is 0 Å². The summed E-state index contributed by atoms with van der Waals surface area (Å²) in [6.07, 6.45) is 8.64. The zero-order valence-electron chi connectivity index (χ0n) is 19.0. The zero-order valence-corrected chi connectivity index (χ0v) is 19.8. The van der Waals surface area contributed by atoms with E-state index >= 15 is 0 Å². The monoisotopic (exact) mass is 457 g/mol. The molecule has 1 atom stereocenters. The Bertz CT molecular complexity index is 923. The predicted octanol–water partition coefficient (Wildman–Crippen LogP) is 6.76. The molecule has 4 saturated carbocycles. The van der Waals surface area contributed by atoms with Crippen LogP contribution in [0.1, 0.15) is 56.6 Å². The van der Waals surface area contributed by atoms with Crippen molar-refractivity contribution in [1.82, 2.24) is 5.32 Å². The minimum absolute atomic E-state index is 0.0581. The third-order valence-corrected chi connectivity index (χ3v) is 8.63. The van der Waals surface area contributed by atoms with Crippen LogP contribution in [0.5, 0.6) is 11.5 Å². The Morgan fingerprint density at radius 1 is 1.06 bits per heavy atom. The van der Waals surface area contributed by atoms with Crippen molar-refractivity contribution in [2.75, 3.05) is 7.11 Å². The Kier molecular flexibility index (Phi) is 6.11. The molecule has 0 saturated heterocycles. The SMILES string of the molecule is COc1cc(CN[C@@H](C)C23CC4CC(CC(C4)C2)C3)ccc1OCc1c(F)cccc1Cl. The van der Waals surface area contributed by atoms with Crippen LogP contribution in [0.3, 0.4) is 0 Å². The van der Waals surface area contributed by atoms with E-state index in [1.54, 1.807) is 19.2 Å². The first-order valence-corrected chi connectivity index (χ1v) is 12.3. The summed E-state index contributed by atoms with van der Waals surface area (Å²) < 4.78 is 25.5. The normalized spacial score (nSPS) is 29.2. The van der Waals surface area contributed by atoms with Crippen molar-refractivity contribution >= 4 is 11.6 Å². The number of nitrogens with one attached hydrogen (secondary N) is 1. The Morgan fingerprint density at radius 3 is 2.38 bits per heavy atom. The maximum Gasteiger partial charge on any atom is 0.161 e. The van der Waals surface area contributed by atoms with E-state index in [-0.39, 0.29) is 12.4 Å². The number of benzene rings is 2. The zero-order chi connectivity index (χ0) is 22.3. The summed E-state index contributed by atoms with van der Waals surface area (Å²) in [5.74, 6) is 3.76. The predicted molar refractivity (Wildman–Crippen MR) is 126 cm³/mol. The van der Waals surface area contributed by atoms with Gasteiger partial charge < -0.3 is 14.8 Å². The van der Waals surface area contributed by atoms with Crippen molar-refractivity contribution in [3.05, 3.63) is 58.4 Å². The maximum absolute atomic E-state index is 14.0. The molecular weight excluding hydrogens is 425 g/mol. The third-order valence-electron chi connectivity index (χ3n) is 8.28. The van der Waals surface area contributed by atoms with Crippen LogP contribution >= 0.6 is 11.6 Å². The fourth-order valence-corrected chi connectivity index (χ4v) is 7.17. The fraction of sp³-hybridized carbons (Fsp3) is 0.556. The van der Waals surface area contributed by atoms with E-state index in [1.165, 1.54) is 44.6 Å². The first-order valence-electron chi connectivity index (χ1n) is 11.9. The first-order chi connectivity index (χ1) is 15.5. The molecule has 0 heterocycles. The molecule has 0 aliphatic heterocycles. The van der Waals surface area contributed by atoms with E-state index in [0.717, 1.165) is 29.9 Å². The lowest BCUT2D eigenvalue weighted by Gasteiger charge is -2.59. The number of halogens is 2.